The molecule has 1 amide bonds. The number of nitrogens with one attached hydrogen (secondary N) is 1. The average Bonchev–Trinajstić information content (AvgIpc) is 2.80. The number of alkyl halides is 6. The number of rotatable bonds is 9. The van der Waals surface area contributed by atoms with Crippen LogP contribution in [0.2, 0.25) is 0 Å². The third-order valence-corrected chi connectivity index (χ3v) is 5.42. The molecule has 0 aliphatic carbocycles. The number of primary amides is 1. The Labute approximate surface area is 201 Å². The molecule has 0 heterocycles. The molecule has 0 aliphatic heterocycles. The topological polar surface area (TPSA) is 64.4 Å². The minimum Gasteiger partial charge on any atom is -0.403 e. The number of ether oxygens (including phenoxy) is 1. The summed E-state index contributed by atoms with van der Waals surface area (Å²) >= 11 is 0. The number of carbonyl (C=O) groups is 1. The summed E-state index contributed by atoms with van der Waals surface area (Å²) in [6.45, 7) is 0.0982. The fourth-order valence-corrected chi connectivity index (χ4v) is 3.77. The summed E-state index contributed by atoms with van der Waals surface area (Å²) in [5, 5.41) is 2.97. The van der Waals surface area contributed by atoms with Crippen molar-refractivity contribution in [2.24, 2.45) is 5.73 Å². The molecule has 0 saturated carbocycles. The molecule has 4 nitrogen and oxygen atoms in total. The Bertz CT molecular complexity index is 1160. The average molecular weight is 514 g/mol. The second-order valence-electron chi connectivity index (χ2n) is 7.90. The van der Waals surface area contributed by atoms with Gasteiger partial charge in [0.2, 0.25) is 5.91 Å². The number of halogens is 7. The van der Waals surface area contributed by atoms with E-state index < -0.39 is 47.5 Å². The molecule has 36 heavy (non-hydrogen) atoms. The van der Waals surface area contributed by atoms with Crippen LogP contribution >= 0.6 is 0 Å². The largest absolute Gasteiger partial charge is 0.573 e. The van der Waals surface area contributed by atoms with Gasteiger partial charge in [0.05, 0.1) is 5.56 Å². The molecule has 0 bridgehead atoms. The zero-order chi connectivity index (χ0) is 26.5. The molecule has 3 N–H and O–H groups in total. The van der Waals surface area contributed by atoms with Gasteiger partial charge in [0.1, 0.15) is 6.04 Å². The SMILES string of the molecule is NC(=O)[C@@H](NCC[C@@H](c1ccc(C(F)(F)F)cc1)c1ccc(F)c(OC(F)(F)F)c1)c1ccccc1. The fourth-order valence-electron chi connectivity index (χ4n) is 3.77. The van der Waals surface area contributed by atoms with Crippen LogP contribution in [0.15, 0.2) is 72.8 Å². The zero-order valence-electron chi connectivity index (χ0n) is 18.5. The second kappa shape index (κ2) is 11.0. The number of hydrogen-bond acceptors (Lipinski definition) is 3. The van der Waals surface area contributed by atoms with Crippen molar-refractivity contribution in [1.29, 1.82) is 0 Å². The molecule has 0 aromatic heterocycles. The van der Waals surface area contributed by atoms with Crippen LogP contribution in [0.1, 0.15) is 40.6 Å². The van der Waals surface area contributed by atoms with Crippen molar-refractivity contribution in [1.82, 2.24) is 5.32 Å². The Morgan fingerprint density at radius 3 is 2.03 bits per heavy atom. The fraction of sp³-hybridized carbons (Fsp3) is 0.240. The third kappa shape index (κ3) is 7.20. The van der Waals surface area contributed by atoms with E-state index >= 15 is 0 Å². The van der Waals surface area contributed by atoms with E-state index in [1.807, 2.05) is 0 Å². The first-order valence-corrected chi connectivity index (χ1v) is 10.6. The van der Waals surface area contributed by atoms with E-state index in [1.54, 1.807) is 30.3 Å². The Hall–Kier alpha value is -3.60. The third-order valence-electron chi connectivity index (χ3n) is 5.42. The molecule has 11 heteroatoms. The maximum atomic E-state index is 14.0. The second-order valence-corrected chi connectivity index (χ2v) is 7.90. The minimum atomic E-state index is -5.14. The zero-order valence-corrected chi connectivity index (χ0v) is 18.5. The Morgan fingerprint density at radius 2 is 1.47 bits per heavy atom. The van der Waals surface area contributed by atoms with Gasteiger partial charge in [-0.05, 0) is 53.9 Å². The smallest absolute Gasteiger partial charge is 0.403 e. The lowest BCUT2D eigenvalue weighted by Crippen LogP contribution is -2.34. The van der Waals surface area contributed by atoms with Crippen LogP contribution in [0.5, 0.6) is 5.75 Å². The summed E-state index contributed by atoms with van der Waals surface area (Å²) in [6, 6.07) is 14.6. The summed E-state index contributed by atoms with van der Waals surface area (Å²) < 4.78 is 94.9. The summed E-state index contributed by atoms with van der Waals surface area (Å²) in [5.41, 5.74) is 5.68. The van der Waals surface area contributed by atoms with Gasteiger partial charge in [0.25, 0.3) is 0 Å². The summed E-state index contributed by atoms with van der Waals surface area (Å²) in [5.74, 6) is -3.75. The van der Waals surface area contributed by atoms with E-state index in [0.29, 0.717) is 11.1 Å². The van der Waals surface area contributed by atoms with Gasteiger partial charge in [-0.15, -0.1) is 13.2 Å². The number of hydrogen-bond donors (Lipinski definition) is 2. The van der Waals surface area contributed by atoms with Gasteiger partial charge in [0, 0.05) is 5.92 Å². The van der Waals surface area contributed by atoms with Gasteiger partial charge >= 0.3 is 12.5 Å². The van der Waals surface area contributed by atoms with Crippen LogP contribution in [0.25, 0.3) is 0 Å². The van der Waals surface area contributed by atoms with Gasteiger partial charge in [-0.1, -0.05) is 48.5 Å². The monoisotopic (exact) mass is 514 g/mol. The number of benzene rings is 3. The molecule has 0 fully saturated rings. The van der Waals surface area contributed by atoms with E-state index in [-0.39, 0.29) is 18.5 Å². The Balaban J connectivity index is 1.91. The summed E-state index contributed by atoms with van der Waals surface area (Å²) in [7, 11) is 0. The highest BCUT2D eigenvalue weighted by Crippen LogP contribution is 2.35. The first-order chi connectivity index (χ1) is 16.8. The van der Waals surface area contributed by atoms with Crippen LogP contribution in [-0.2, 0) is 11.0 Å². The van der Waals surface area contributed by atoms with Crippen molar-refractivity contribution in [3.05, 3.63) is 101 Å². The van der Waals surface area contributed by atoms with E-state index in [1.165, 1.54) is 18.2 Å². The molecule has 2 atom stereocenters. The molecule has 0 radical (unpaired) electrons. The maximum Gasteiger partial charge on any atom is 0.573 e. The highest BCUT2D eigenvalue weighted by atomic mass is 19.4. The molecule has 3 rings (SSSR count). The summed E-state index contributed by atoms with van der Waals surface area (Å²) in [4.78, 5) is 12.0. The van der Waals surface area contributed by atoms with Crippen LogP contribution in [-0.4, -0.2) is 18.8 Å². The van der Waals surface area contributed by atoms with E-state index in [9.17, 15) is 35.5 Å². The molecule has 0 unspecified atom stereocenters. The van der Waals surface area contributed by atoms with Crippen LogP contribution in [0.3, 0.4) is 0 Å². The van der Waals surface area contributed by atoms with E-state index in [4.69, 9.17) is 5.73 Å². The number of carbonyl (C=O) groups excluding carboxylic acids is 1. The molecular formula is C25H21F7N2O2. The highest BCUT2D eigenvalue weighted by molar-refractivity contribution is 5.81. The lowest BCUT2D eigenvalue weighted by Gasteiger charge is -2.22. The lowest BCUT2D eigenvalue weighted by atomic mass is 9.87. The molecule has 3 aromatic carbocycles. The van der Waals surface area contributed by atoms with Crippen LogP contribution in [0.4, 0.5) is 30.7 Å². The van der Waals surface area contributed by atoms with Gasteiger partial charge in [-0.25, -0.2) is 4.39 Å². The van der Waals surface area contributed by atoms with Crippen molar-refractivity contribution in [2.75, 3.05) is 6.54 Å². The van der Waals surface area contributed by atoms with Crippen molar-refractivity contribution >= 4 is 5.91 Å². The molecule has 0 saturated heterocycles. The van der Waals surface area contributed by atoms with Crippen molar-refractivity contribution in [3.8, 4) is 5.75 Å². The standard InChI is InChI=1S/C25H21F7N2O2/c26-20-11-8-17(14-21(20)36-25(30,31)32)19(15-6-9-18(10-7-15)24(27,28)29)12-13-34-22(23(33)35)16-4-2-1-3-5-16/h1-11,14,19,22,34H,12-13H2,(H2,33,35)/t19-,22-/m0/s1. The van der Waals surface area contributed by atoms with Crippen molar-refractivity contribution < 1.29 is 40.3 Å². The molecule has 3 aromatic rings. The molecule has 0 aliphatic rings. The predicted octanol–water partition coefficient (Wildman–Crippen LogP) is 6.08. The first-order valence-electron chi connectivity index (χ1n) is 10.6. The number of amides is 1. The maximum absolute atomic E-state index is 14.0. The van der Waals surface area contributed by atoms with Crippen LogP contribution in [0, 0.1) is 5.82 Å². The Kier molecular flexibility index (Phi) is 8.24. The van der Waals surface area contributed by atoms with Gasteiger partial charge in [-0.3, -0.25) is 4.79 Å². The first kappa shape index (κ1) is 27.0. The summed E-state index contributed by atoms with van der Waals surface area (Å²) in [6.07, 6.45) is -9.60. The Morgan fingerprint density at radius 1 is 0.861 bits per heavy atom. The van der Waals surface area contributed by atoms with Crippen molar-refractivity contribution in [3.63, 3.8) is 0 Å². The molecule has 0 spiro atoms. The van der Waals surface area contributed by atoms with E-state index in [0.717, 1.165) is 24.3 Å². The van der Waals surface area contributed by atoms with Gasteiger partial charge < -0.3 is 15.8 Å². The van der Waals surface area contributed by atoms with E-state index in [2.05, 4.69) is 10.1 Å². The highest BCUT2D eigenvalue weighted by Gasteiger charge is 2.33. The van der Waals surface area contributed by atoms with Gasteiger partial charge in [-0.2, -0.15) is 13.2 Å². The normalized spacial score (nSPS) is 13.8. The van der Waals surface area contributed by atoms with Gasteiger partial charge in [0.15, 0.2) is 11.6 Å². The predicted molar refractivity (Wildman–Crippen MR) is 117 cm³/mol. The van der Waals surface area contributed by atoms with Crippen LogP contribution < -0.4 is 15.8 Å². The van der Waals surface area contributed by atoms with Crippen molar-refractivity contribution in [2.45, 2.75) is 30.9 Å². The number of nitrogens with two attached hydrogens (primary N) is 1. The molecular weight excluding hydrogens is 493 g/mol. The lowest BCUT2D eigenvalue weighted by molar-refractivity contribution is -0.275. The quantitative estimate of drug-likeness (QED) is 0.340. The molecule has 192 valence electrons. The minimum absolute atomic E-state index is 0.0982.